The van der Waals surface area contributed by atoms with Crippen molar-refractivity contribution in [2.24, 2.45) is 5.92 Å². The van der Waals surface area contributed by atoms with Crippen molar-refractivity contribution in [1.82, 2.24) is 20.0 Å². The van der Waals surface area contributed by atoms with E-state index in [0.717, 1.165) is 39.0 Å². The van der Waals surface area contributed by atoms with Crippen LogP contribution in [0.2, 0.25) is 0 Å². The Kier molecular flexibility index (Phi) is 6.34. The summed E-state index contributed by atoms with van der Waals surface area (Å²) >= 11 is 0. The molecule has 2 aliphatic heterocycles. The minimum absolute atomic E-state index is 0.0252. The van der Waals surface area contributed by atoms with Gasteiger partial charge < -0.3 is 15.1 Å². The largest absolute Gasteiger partial charge is 0.341 e. The third-order valence-corrected chi connectivity index (χ3v) is 5.91. The molecule has 0 aromatic rings. The first kappa shape index (κ1) is 18.2. The average molecular weight is 348 g/mol. The quantitative estimate of drug-likeness (QED) is 0.769. The highest BCUT2D eigenvalue weighted by molar-refractivity contribution is 5.82. The highest BCUT2D eigenvalue weighted by atomic mass is 16.2. The van der Waals surface area contributed by atoms with Gasteiger partial charge in [0, 0.05) is 45.8 Å². The lowest BCUT2D eigenvalue weighted by Gasteiger charge is -2.41. The van der Waals surface area contributed by atoms with Crippen LogP contribution in [0.5, 0.6) is 0 Å². The van der Waals surface area contributed by atoms with Crippen molar-refractivity contribution in [3.05, 3.63) is 12.7 Å². The normalized spacial score (nSPS) is 23.7. The Balaban J connectivity index is 1.61. The van der Waals surface area contributed by atoms with Crippen molar-refractivity contribution in [2.75, 3.05) is 45.8 Å². The number of amides is 3. The Morgan fingerprint density at radius 2 is 1.60 bits per heavy atom. The number of rotatable bonds is 5. The zero-order chi connectivity index (χ0) is 17.6. The fraction of sp³-hybridized carbons (Fsp3) is 0.789. The Bertz CT molecular complexity index is 476. The summed E-state index contributed by atoms with van der Waals surface area (Å²) in [5.74, 6) is 0.836. The molecule has 0 aromatic carbocycles. The lowest BCUT2D eigenvalue weighted by molar-refractivity contribution is -0.138. The van der Waals surface area contributed by atoms with E-state index in [4.69, 9.17) is 0 Å². The molecule has 2 saturated heterocycles. The molecule has 6 nitrogen and oxygen atoms in total. The van der Waals surface area contributed by atoms with Gasteiger partial charge in [-0.3, -0.25) is 9.69 Å². The highest BCUT2D eigenvalue weighted by Crippen LogP contribution is 2.32. The van der Waals surface area contributed by atoms with E-state index in [9.17, 15) is 9.59 Å². The van der Waals surface area contributed by atoms with Gasteiger partial charge in [0.25, 0.3) is 0 Å². The summed E-state index contributed by atoms with van der Waals surface area (Å²) in [5, 5.41) is 2.84. The smallest absolute Gasteiger partial charge is 0.317 e. The number of carbonyl (C=O) groups is 2. The molecule has 1 saturated carbocycles. The molecule has 0 radical (unpaired) electrons. The van der Waals surface area contributed by atoms with E-state index in [-0.39, 0.29) is 12.1 Å². The van der Waals surface area contributed by atoms with Crippen molar-refractivity contribution < 1.29 is 9.59 Å². The lowest BCUT2D eigenvalue weighted by Crippen LogP contribution is -2.59. The molecule has 1 N–H and O–H groups in total. The van der Waals surface area contributed by atoms with Crippen LogP contribution in [-0.4, -0.2) is 78.5 Å². The molecular formula is C19H32N4O2. The second-order valence-electron chi connectivity index (χ2n) is 7.52. The van der Waals surface area contributed by atoms with E-state index in [1.165, 1.54) is 25.7 Å². The first-order valence-corrected chi connectivity index (χ1v) is 9.87. The second kappa shape index (κ2) is 8.70. The zero-order valence-electron chi connectivity index (χ0n) is 15.3. The van der Waals surface area contributed by atoms with Gasteiger partial charge in [0.15, 0.2) is 0 Å². The first-order chi connectivity index (χ1) is 12.2. The van der Waals surface area contributed by atoms with E-state index < -0.39 is 0 Å². The molecule has 3 fully saturated rings. The molecule has 25 heavy (non-hydrogen) atoms. The van der Waals surface area contributed by atoms with Crippen molar-refractivity contribution in [1.29, 1.82) is 0 Å². The third kappa shape index (κ3) is 4.35. The van der Waals surface area contributed by atoms with Gasteiger partial charge in [0.2, 0.25) is 5.91 Å². The summed E-state index contributed by atoms with van der Waals surface area (Å²) in [6.07, 6.45) is 8.81. The molecule has 1 aliphatic carbocycles. The standard InChI is InChI=1S/C19H32N4O2/c1-2-9-20-19(25)23-14-12-21(13-15-23)17(16-7-3-4-8-16)18(24)22-10-5-6-11-22/h2,16-17H,1,3-15H2,(H,20,25)/t17-/m1/s1. The van der Waals surface area contributed by atoms with Crippen LogP contribution in [0, 0.1) is 5.92 Å². The van der Waals surface area contributed by atoms with Crippen LogP contribution in [0.15, 0.2) is 12.7 Å². The van der Waals surface area contributed by atoms with Gasteiger partial charge in [-0.1, -0.05) is 18.9 Å². The second-order valence-corrected chi connectivity index (χ2v) is 7.52. The molecule has 140 valence electrons. The molecule has 3 rings (SSSR count). The number of hydrogen-bond donors (Lipinski definition) is 1. The molecular weight excluding hydrogens is 316 g/mol. The monoisotopic (exact) mass is 348 g/mol. The maximum Gasteiger partial charge on any atom is 0.317 e. The minimum Gasteiger partial charge on any atom is -0.341 e. The summed E-state index contributed by atoms with van der Waals surface area (Å²) in [7, 11) is 0. The Labute approximate surface area is 151 Å². The van der Waals surface area contributed by atoms with Crippen LogP contribution < -0.4 is 5.32 Å². The summed E-state index contributed by atoms with van der Waals surface area (Å²) in [6.45, 7) is 8.95. The van der Waals surface area contributed by atoms with Crippen LogP contribution in [0.25, 0.3) is 0 Å². The van der Waals surface area contributed by atoms with Gasteiger partial charge >= 0.3 is 6.03 Å². The van der Waals surface area contributed by atoms with Crippen LogP contribution in [0.3, 0.4) is 0 Å². The van der Waals surface area contributed by atoms with Crippen LogP contribution in [0.1, 0.15) is 38.5 Å². The fourth-order valence-electron chi connectivity index (χ4n) is 4.53. The van der Waals surface area contributed by atoms with Crippen molar-refractivity contribution in [3.8, 4) is 0 Å². The molecule has 1 atom stereocenters. The average Bonchev–Trinajstić information content (AvgIpc) is 3.34. The van der Waals surface area contributed by atoms with Gasteiger partial charge in [-0.2, -0.15) is 0 Å². The topological polar surface area (TPSA) is 55.9 Å². The number of nitrogens with one attached hydrogen (secondary N) is 1. The number of likely N-dealkylation sites (tertiary alicyclic amines) is 1. The molecule has 6 heteroatoms. The lowest BCUT2D eigenvalue weighted by atomic mass is 9.94. The van der Waals surface area contributed by atoms with E-state index in [1.807, 2.05) is 4.90 Å². The third-order valence-electron chi connectivity index (χ3n) is 5.91. The Hall–Kier alpha value is -1.56. The van der Waals surface area contributed by atoms with Crippen molar-refractivity contribution in [2.45, 2.75) is 44.6 Å². The highest BCUT2D eigenvalue weighted by Gasteiger charge is 2.39. The maximum absolute atomic E-state index is 13.2. The summed E-state index contributed by atoms with van der Waals surface area (Å²) in [4.78, 5) is 31.6. The van der Waals surface area contributed by atoms with Gasteiger partial charge in [0.1, 0.15) is 0 Å². The minimum atomic E-state index is -0.0252. The summed E-state index contributed by atoms with van der Waals surface area (Å²) in [6, 6.07) is 0.00169. The zero-order valence-corrected chi connectivity index (χ0v) is 15.3. The number of carbonyl (C=O) groups excluding carboxylic acids is 2. The number of hydrogen-bond acceptors (Lipinski definition) is 3. The van der Waals surface area contributed by atoms with Gasteiger partial charge in [-0.05, 0) is 31.6 Å². The van der Waals surface area contributed by atoms with E-state index in [2.05, 4.69) is 21.7 Å². The van der Waals surface area contributed by atoms with Crippen LogP contribution in [0.4, 0.5) is 4.79 Å². The number of urea groups is 1. The van der Waals surface area contributed by atoms with Gasteiger partial charge in [0.05, 0.1) is 6.04 Å². The maximum atomic E-state index is 13.2. The van der Waals surface area contributed by atoms with E-state index in [0.29, 0.717) is 31.5 Å². The Morgan fingerprint density at radius 1 is 0.960 bits per heavy atom. The molecule has 2 heterocycles. The van der Waals surface area contributed by atoms with Gasteiger partial charge in [-0.15, -0.1) is 6.58 Å². The predicted octanol–water partition coefficient (Wildman–Crippen LogP) is 1.68. The number of piperazine rings is 1. The molecule has 0 unspecified atom stereocenters. The number of nitrogens with zero attached hydrogens (tertiary/aromatic N) is 3. The fourth-order valence-corrected chi connectivity index (χ4v) is 4.53. The molecule has 0 aromatic heterocycles. The Morgan fingerprint density at radius 3 is 2.20 bits per heavy atom. The molecule has 0 spiro atoms. The van der Waals surface area contributed by atoms with Crippen LogP contribution >= 0.6 is 0 Å². The first-order valence-electron chi connectivity index (χ1n) is 9.87. The molecule has 0 bridgehead atoms. The SMILES string of the molecule is C=CCNC(=O)N1CCN([C@@H](C(=O)N2CCCC2)C2CCCC2)CC1. The van der Waals surface area contributed by atoms with Crippen molar-refractivity contribution in [3.63, 3.8) is 0 Å². The summed E-state index contributed by atoms with van der Waals surface area (Å²) < 4.78 is 0. The molecule has 3 amide bonds. The van der Waals surface area contributed by atoms with Crippen molar-refractivity contribution >= 4 is 11.9 Å². The molecule has 3 aliphatic rings. The van der Waals surface area contributed by atoms with E-state index in [1.54, 1.807) is 6.08 Å². The predicted molar refractivity (Wildman–Crippen MR) is 98.3 cm³/mol. The van der Waals surface area contributed by atoms with Gasteiger partial charge in [-0.25, -0.2) is 4.79 Å². The summed E-state index contributed by atoms with van der Waals surface area (Å²) in [5.41, 5.74) is 0. The van der Waals surface area contributed by atoms with Crippen LogP contribution in [-0.2, 0) is 4.79 Å². The van der Waals surface area contributed by atoms with E-state index >= 15 is 0 Å².